The van der Waals surface area contributed by atoms with Gasteiger partial charge in [-0.15, -0.1) is 0 Å². The molecule has 1 unspecified atom stereocenters. The third-order valence-electron chi connectivity index (χ3n) is 5.69. The van der Waals surface area contributed by atoms with E-state index in [4.69, 9.17) is 4.74 Å². The van der Waals surface area contributed by atoms with Gasteiger partial charge in [0, 0.05) is 24.0 Å². The lowest BCUT2D eigenvalue weighted by Gasteiger charge is -2.27. The summed E-state index contributed by atoms with van der Waals surface area (Å²) in [6.07, 6.45) is 0. The predicted molar refractivity (Wildman–Crippen MR) is 124 cm³/mol. The molecule has 1 aliphatic heterocycles. The van der Waals surface area contributed by atoms with Gasteiger partial charge in [-0.1, -0.05) is 12.1 Å². The number of methoxy groups -OCH3 is 1. The van der Waals surface area contributed by atoms with E-state index in [1.165, 1.54) is 0 Å². The van der Waals surface area contributed by atoms with E-state index >= 15 is 0 Å². The maximum atomic E-state index is 13.0. The first-order valence-corrected chi connectivity index (χ1v) is 10.6. The summed E-state index contributed by atoms with van der Waals surface area (Å²) in [6, 6.07) is 14.1. The van der Waals surface area contributed by atoms with Gasteiger partial charge in [-0.2, -0.15) is 0 Å². The van der Waals surface area contributed by atoms with Gasteiger partial charge in [-0.05, 0) is 69.7 Å². The van der Waals surface area contributed by atoms with Gasteiger partial charge < -0.3 is 20.3 Å². The van der Waals surface area contributed by atoms with Gasteiger partial charge in [0.05, 0.1) is 7.11 Å². The molecule has 4 amide bonds. The van der Waals surface area contributed by atoms with Crippen LogP contribution in [0.15, 0.2) is 48.5 Å². The summed E-state index contributed by atoms with van der Waals surface area (Å²) in [6.45, 7) is 8.47. The number of imide groups is 1. The van der Waals surface area contributed by atoms with Gasteiger partial charge in [0.15, 0.2) is 0 Å². The summed E-state index contributed by atoms with van der Waals surface area (Å²) < 4.78 is 5.14. The average molecular weight is 439 g/mol. The lowest BCUT2D eigenvalue weighted by Crippen LogP contribution is -2.42. The molecule has 1 saturated heterocycles. The molecular formula is C24H30N4O4. The van der Waals surface area contributed by atoms with Gasteiger partial charge in [-0.25, -0.2) is 4.79 Å². The Labute approximate surface area is 188 Å². The van der Waals surface area contributed by atoms with Crippen molar-refractivity contribution in [2.45, 2.75) is 39.3 Å². The average Bonchev–Trinajstić information content (AvgIpc) is 2.99. The van der Waals surface area contributed by atoms with E-state index in [9.17, 15) is 14.4 Å². The van der Waals surface area contributed by atoms with Gasteiger partial charge >= 0.3 is 6.03 Å². The van der Waals surface area contributed by atoms with E-state index in [2.05, 4.69) is 36.3 Å². The number of hydrogen-bond acceptors (Lipinski definition) is 5. The van der Waals surface area contributed by atoms with Gasteiger partial charge in [0.1, 0.15) is 17.8 Å². The monoisotopic (exact) mass is 438 g/mol. The number of nitrogens with zero attached hydrogens (tertiary/aromatic N) is 2. The lowest BCUT2D eigenvalue weighted by molar-refractivity contribution is -0.133. The molecular weight excluding hydrogens is 408 g/mol. The van der Waals surface area contributed by atoms with Crippen molar-refractivity contribution < 1.29 is 19.1 Å². The highest BCUT2D eigenvalue weighted by atomic mass is 16.5. The molecule has 1 heterocycles. The van der Waals surface area contributed by atoms with E-state index in [0.717, 1.165) is 17.1 Å². The standard InChI is InChI=1S/C24H30N4O4/c1-6-27(16(2)3)19-11-9-18(10-12-19)25-21(29)15-28-22(30)24(4,26-23(28)31)17-7-13-20(32-5)14-8-17/h7-14,16H,6,15H2,1-5H3,(H,25,29)(H,26,31). The predicted octanol–water partition coefficient (Wildman–Crippen LogP) is 3.34. The number of ether oxygens (including phenoxy) is 1. The normalized spacial score (nSPS) is 18.0. The van der Waals surface area contributed by atoms with Crippen molar-refractivity contribution >= 4 is 29.2 Å². The minimum absolute atomic E-state index is 0.361. The fraction of sp³-hybridized carbons (Fsp3) is 0.375. The minimum atomic E-state index is -1.24. The number of carbonyl (C=O) groups excluding carboxylic acids is 3. The zero-order valence-electron chi connectivity index (χ0n) is 19.1. The van der Waals surface area contributed by atoms with Crippen LogP contribution in [0.2, 0.25) is 0 Å². The van der Waals surface area contributed by atoms with Crippen LogP contribution < -0.4 is 20.3 Å². The van der Waals surface area contributed by atoms with E-state index in [1.54, 1.807) is 38.3 Å². The van der Waals surface area contributed by atoms with Crippen molar-refractivity contribution in [2.75, 3.05) is 30.4 Å². The fourth-order valence-electron chi connectivity index (χ4n) is 3.89. The van der Waals surface area contributed by atoms with Gasteiger partial charge in [0.2, 0.25) is 5.91 Å². The highest BCUT2D eigenvalue weighted by molar-refractivity contribution is 6.10. The molecule has 1 aliphatic rings. The smallest absolute Gasteiger partial charge is 0.325 e. The molecule has 0 radical (unpaired) electrons. The van der Waals surface area contributed by atoms with Gasteiger partial charge in [0.25, 0.3) is 5.91 Å². The number of hydrogen-bond donors (Lipinski definition) is 2. The van der Waals surface area contributed by atoms with Crippen LogP contribution in [0.3, 0.4) is 0 Å². The molecule has 3 rings (SSSR count). The van der Waals surface area contributed by atoms with Crippen LogP contribution in [0.5, 0.6) is 5.75 Å². The molecule has 8 nitrogen and oxygen atoms in total. The zero-order chi connectivity index (χ0) is 23.5. The Bertz CT molecular complexity index is 988. The molecule has 2 aromatic rings. The number of urea groups is 1. The summed E-state index contributed by atoms with van der Waals surface area (Å²) in [5.41, 5.74) is 1.03. The van der Waals surface area contributed by atoms with Crippen LogP contribution in [0.25, 0.3) is 0 Å². The summed E-state index contributed by atoms with van der Waals surface area (Å²) >= 11 is 0. The largest absolute Gasteiger partial charge is 0.497 e. The molecule has 170 valence electrons. The zero-order valence-corrected chi connectivity index (χ0v) is 19.1. The number of amides is 4. The molecule has 1 atom stereocenters. The molecule has 0 aliphatic carbocycles. The Kier molecular flexibility index (Phi) is 6.72. The number of nitrogens with one attached hydrogen (secondary N) is 2. The summed E-state index contributed by atoms with van der Waals surface area (Å²) in [5, 5.41) is 5.46. The van der Waals surface area contributed by atoms with Crippen LogP contribution in [0.4, 0.5) is 16.2 Å². The Hall–Kier alpha value is -3.55. The van der Waals surface area contributed by atoms with Crippen LogP contribution in [-0.2, 0) is 15.1 Å². The molecule has 32 heavy (non-hydrogen) atoms. The maximum absolute atomic E-state index is 13.0. The maximum Gasteiger partial charge on any atom is 0.325 e. The first-order valence-electron chi connectivity index (χ1n) is 10.6. The van der Waals surface area contributed by atoms with Crippen molar-refractivity contribution in [2.24, 2.45) is 0 Å². The van der Waals surface area contributed by atoms with E-state index in [-0.39, 0.29) is 6.54 Å². The Morgan fingerprint density at radius 3 is 2.28 bits per heavy atom. The molecule has 2 aromatic carbocycles. The summed E-state index contributed by atoms with van der Waals surface area (Å²) in [5.74, 6) is -0.281. The minimum Gasteiger partial charge on any atom is -0.497 e. The highest BCUT2D eigenvalue weighted by Crippen LogP contribution is 2.30. The number of carbonyl (C=O) groups is 3. The molecule has 0 bridgehead atoms. The quantitative estimate of drug-likeness (QED) is 0.617. The third kappa shape index (κ3) is 4.54. The lowest BCUT2D eigenvalue weighted by atomic mass is 9.92. The fourth-order valence-corrected chi connectivity index (χ4v) is 3.89. The number of anilines is 2. The van der Waals surface area contributed by atoms with Crippen molar-refractivity contribution in [3.05, 3.63) is 54.1 Å². The Morgan fingerprint density at radius 1 is 1.12 bits per heavy atom. The number of benzene rings is 2. The second-order valence-electron chi connectivity index (χ2n) is 8.15. The van der Waals surface area contributed by atoms with Crippen LogP contribution in [0, 0.1) is 0 Å². The molecule has 0 saturated carbocycles. The van der Waals surface area contributed by atoms with E-state index in [1.807, 2.05) is 24.3 Å². The topological polar surface area (TPSA) is 91.0 Å². The third-order valence-corrected chi connectivity index (χ3v) is 5.69. The molecule has 8 heteroatoms. The summed E-state index contributed by atoms with van der Waals surface area (Å²) in [7, 11) is 1.55. The second kappa shape index (κ2) is 9.30. The molecule has 0 aromatic heterocycles. The van der Waals surface area contributed by atoms with Crippen molar-refractivity contribution in [3.8, 4) is 5.75 Å². The van der Waals surface area contributed by atoms with Gasteiger partial charge in [-0.3, -0.25) is 14.5 Å². The first kappa shape index (κ1) is 23.1. The number of rotatable bonds is 8. The molecule has 2 N–H and O–H groups in total. The Morgan fingerprint density at radius 2 is 1.75 bits per heavy atom. The van der Waals surface area contributed by atoms with E-state index in [0.29, 0.717) is 23.0 Å². The van der Waals surface area contributed by atoms with Crippen LogP contribution in [0.1, 0.15) is 33.3 Å². The second-order valence-corrected chi connectivity index (χ2v) is 8.15. The summed E-state index contributed by atoms with van der Waals surface area (Å²) in [4.78, 5) is 41.2. The van der Waals surface area contributed by atoms with Crippen LogP contribution in [-0.4, -0.2) is 49.0 Å². The highest BCUT2D eigenvalue weighted by Gasteiger charge is 2.49. The van der Waals surface area contributed by atoms with Crippen LogP contribution >= 0.6 is 0 Å². The van der Waals surface area contributed by atoms with E-state index < -0.39 is 23.4 Å². The van der Waals surface area contributed by atoms with Crippen molar-refractivity contribution in [1.29, 1.82) is 0 Å². The Balaban J connectivity index is 1.67. The van der Waals surface area contributed by atoms with Crippen molar-refractivity contribution in [1.82, 2.24) is 10.2 Å². The van der Waals surface area contributed by atoms with Crippen molar-refractivity contribution in [3.63, 3.8) is 0 Å². The first-order chi connectivity index (χ1) is 15.2. The molecule has 1 fully saturated rings. The molecule has 0 spiro atoms. The SMILES string of the molecule is CCN(c1ccc(NC(=O)CN2C(=O)NC(C)(c3ccc(OC)cc3)C2=O)cc1)C(C)C.